The van der Waals surface area contributed by atoms with Crippen LogP contribution in [0, 0.1) is 46.3 Å². The number of rotatable bonds is 3. The minimum absolute atomic E-state index is 0.0536. The number of aliphatic hydroxyl groups is 2. The van der Waals surface area contributed by atoms with Crippen molar-refractivity contribution in [2.45, 2.75) is 110 Å². The Bertz CT molecular complexity index is 651. The van der Waals surface area contributed by atoms with Crippen molar-refractivity contribution in [3.05, 3.63) is 0 Å². The second kappa shape index (κ2) is 7.37. The molecule has 4 aliphatic rings. The van der Waals surface area contributed by atoms with Gasteiger partial charge in [0, 0.05) is 0 Å². The molecule has 0 unspecified atom stereocenters. The van der Waals surface area contributed by atoms with E-state index in [1.165, 1.54) is 0 Å². The minimum Gasteiger partial charge on any atom is -0.390 e. The standard InChI is InChI=1S/C25H41F3O2/c1-5-24(30)13-12-22(3)16(14-24)6-7-17-19-9-8-18(15(2)21(29)25(26,27)28)23(19,4)11-10-20(17)22/h15-21,29-30H,5-14H2,1-4H3/t15-,16+,17-,18+,19-,20-,21-,22-,23-,24+/m0/s1. The van der Waals surface area contributed by atoms with Crippen LogP contribution in [0.2, 0.25) is 0 Å². The van der Waals surface area contributed by atoms with E-state index in [1.807, 2.05) is 0 Å². The monoisotopic (exact) mass is 430 g/mol. The number of hydrogen-bond acceptors (Lipinski definition) is 2. The van der Waals surface area contributed by atoms with Crippen molar-refractivity contribution < 1.29 is 23.4 Å². The summed E-state index contributed by atoms with van der Waals surface area (Å²) < 4.78 is 39.7. The van der Waals surface area contributed by atoms with Gasteiger partial charge in [0.25, 0.3) is 0 Å². The maximum atomic E-state index is 13.2. The molecule has 4 fully saturated rings. The fourth-order valence-corrected chi connectivity index (χ4v) is 9.07. The molecule has 0 aromatic carbocycles. The molecule has 0 amide bonds. The predicted octanol–water partition coefficient (Wildman–Crippen LogP) is 6.35. The zero-order chi connectivity index (χ0) is 22.1. The summed E-state index contributed by atoms with van der Waals surface area (Å²) in [5.74, 6) is 1.49. The molecule has 30 heavy (non-hydrogen) atoms. The maximum absolute atomic E-state index is 13.2. The molecule has 4 aliphatic carbocycles. The highest BCUT2D eigenvalue weighted by atomic mass is 19.4. The van der Waals surface area contributed by atoms with Gasteiger partial charge in [-0.2, -0.15) is 13.2 Å². The van der Waals surface area contributed by atoms with Crippen LogP contribution in [0.25, 0.3) is 0 Å². The van der Waals surface area contributed by atoms with Gasteiger partial charge in [0.15, 0.2) is 6.10 Å². The van der Waals surface area contributed by atoms with Gasteiger partial charge in [-0.1, -0.05) is 27.7 Å². The maximum Gasteiger partial charge on any atom is 0.414 e. The first-order valence-corrected chi connectivity index (χ1v) is 12.3. The van der Waals surface area contributed by atoms with Crippen LogP contribution >= 0.6 is 0 Å². The topological polar surface area (TPSA) is 40.5 Å². The molecule has 0 aromatic heterocycles. The molecule has 4 saturated carbocycles. The molecule has 2 N–H and O–H groups in total. The Balaban J connectivity index is 1.54. The van der Waals surface area contributed by atoms with Gasteiger partial charge in [0.1, 0.15) is 0 Å². The van der Waals surface area contributed by atoms with E-state index in [0.717, 1.165) is 64.2 Å². The van der Waals surface area contributed by atoms with Crippen LogP contribution in [-0.4, -0.2) is 28.1 Å². The van der Waals surface area contributed by atoms with Crippen molar-refractivity contribution in [2.75, 3.05) is 0 Å². The smallest absolute Gasteiger partial charge is 0.390 e. The average Bonchev–Trinajstić information content (AvgIpc) is 3.04. The van der Waals surface area contributed by atoms with Gasteiger partial charge >= 0.3 is 6.18 Å². The molecule has 0 saturated heterocycles. The highest BCUT2D eigenvalue weighted by Gasteiger charge is 2.62. The summed E-state index contributed by atoms with van der Waals surface area (Å²) in [6.45, 7) is 8.40. The van der Waals surface area contributed by atoms with E-state index < -0.39 is 23.8 Å². The second-order valence-corrected chi connectivity index (χ2v) is 12.0. The SMILES string of the molecule is CC[C@@]1(O)CC[C@@]2(C)[C@H](CC[C@@H]3[C@@H]2CC[C@@]2(C)[C@@H]([C@H](C)[C@H](O)C(F)(F)F)CC[C@@H]32)C1. The van der Waals surface area contributed by atoms with E-state index in [0.29, 0.717) is 23.7 Å². The molecule has 0 aromatic rings. The summed E-state index contributed by atoms with van der Waals surface area (Å²) >= 11 is 0. The molecule has 174 valence electrons. The predicted molar refractivity (Wildman–Crippen MR) is 112 cm³/mol. The molecule has 2 nitrogen and oxygen atoms in total. The lowest BCUT2D eigenvalue weighted by atomic mass is 9.43. The largest absolute Gasteiger partial charge is 0.414 e. The van der Waals surface area contributed by atoms with Crippen LogP contribution in [0.3, 0.4) is 0 Å². The summed E-state index contributed by atoms with van der Waals surface area (Å²) in [5, 5.41) is 20.9. The minimum atomic E-state index is -4.53. The van der Waals surface area contributed by atoms with Gasteiger partial charge in [-0.25, -0.2) is 0 Å². The van der Waals surface area contributed by atoms with E-state index in [4.69, 9.17) is 0 Å². The summed E-state index contributed by atoms with van der Waals surface area (Å²) in [7, 11) is 0. The second-order valence-electron chi connectivity index (χ2n) is 12.0. The summed E-state index contributed by atoms with van der Waals surface area (Å²) in [5.41, 5.74) is -0.322. The van der Waals surface area contributed by atoms with E-state index in [-0.39, 0.29) is 16.7 Å². The molecule has 4 rings (SSSR count). The van der Waals surface area contributed by atoms with Crippen LogP contribution in [0.5, 0.6) is 0 Å². The van der Waals surface area contributed by atoms with Gasteiger partial charge in [0.2, 0.25) is 0 Å². The molecule has 0 spiro atoms. The summed E-state index contributed by atoms with van der Waals surface area (Å²) in [4.78, 5) is 0. The van der Waals surface area contributed by atoms with Crippen molar-refractivity contribution in [3.8, 4) is 0 Å². The number of fused-ring (bicyclic) bond motifs is 5. The van der Waals surface area contributed by atoms with Crippen LogP contribution < -0.4 is 0 Å². The fraction of sp³-hybridized carbons (Fsp3) is 1.00. The van der Waals surface area contributed by atoms with Crippen LogP contribution in [0.4, 0.5) is 13.2 Å². The number of aliphatic hydroxyl groups excluding tert-OH is 1. The molecule has 0 bridgehead atoms. The number of halogens is 3. The zero-order valence-corrected chi connectivity index (χ0v) is 19.1. The Morgan fingerprint density at radius 2 is 1.60 bits per heavy atom. The lowest BCUT2D eigenvalue weighted by Crippen LogP contribution is -2.56. The molecule has 0 radical (unpaired) electrons. The van der Waals surface area contributed by atoms with Gasteiger partial charge in [-0.3, -0.25) is 0 Å². The molecule has 0 aliphatic heterocycles. The quantitative estimate of drug-likeness (QED) is 0.548. The van der Waals surface area contributed by atoms with E-state index in [2.05, 4.69) is 20.8 Å². The van der Waals surface area contributed by atoms with Gasteiger partial charge < -0.3 is 10.2 Å². The van der Waals surface area contributed by atoms with Crippen molar-refractivity contribution >= 4 is 0 Å². The molecular formula is C25H41F3O2. The van der Waals surface area contributed by atoms with Gasteiger partial charge in [0.05, 0.1) is 5.60 Å². The van der Waals surface area contributed by atoms with Gasteiger partial charge in [-0.05, 0) is 111 Å². The average molecular weight is 431 g/mol. The molecule has 5 heteroatoms. The van der Waals surface area contributed by atoms with E-state index >= 15 is 0 Å². The highest BCUT2D eigenvalue weighted by Crippen LogP contribution is 2.69. The number of alkyl halides is 3. The Labute approximate surface area is 180 Å². The first-order chi connectivity index (χ1) is 13.9. The fourth-order valence-electron chi connectivity index (χ4n) is 9.07. The van der Waals surface area contributed by atoms with E-state index in [9.17, 15) is 23.4 Å². The third-order valence-corrected chi connectivity index (χ3v) is 11.0. The number of hydrogen-bond donors (Lipinski definition) is 2. The van der Waals surface area contributed by atoms with Crippen molar-refractivity contribution in [1.82, 2.24) is 0 Å². The third-order valence-electron chi connectivity index (χ3n) is 11.0. The Morgan fingerprint density at radius 3 is 2.23 bits per heavy atom. The third kappa shape index (κ3) is 3.36. The van der Waals surface area contributed by atoms with Crippen molar-refractivity contribution in [2.24, 2.45) is 46.3 Å². The van der Waals surface area contributed by atoms with Gasteiger partial charge in [-0.15, -0.1) is 0 Å². The van der Waals surface area contributed by atoms with Crippen LogP contribution in [-0.2, 0) is 0 Å². The summed E-state index contributed by atoms with van der Waals surface area (Å²) in [6.07, 6.45) is 3.19. The first-order valence-electron chi connectivity index (χ1n) is 12.3. The molecular weight excluding hydrogens is 389 g/mol. The Hall–Kier alpha value is -0.290. The first kappa shape index (κ1) is 22.9. The van der Waals surface area contributed by atoms with Crippen molar-refractivity contribution in [1.29, 1.82) is 0 Å². The van der Waals surface area contributed by atoms with E-state index in [1.54, 1.807) is 6.92 Å². The molecule has 0 heterocycles. The lowest BCUT2D eigenvalue weighted by Gasteiger charge is -2.62. The lowest BCUT2D eigenvalue weighted by molar-refractivity contribution is -0.228. The Kier molecular flexibility index (Phi) is 5.62. The summed E-state index contributed by atoms with van der Waals surface area (Å²) in [6, 6.07) is 0. The normalized spacial score (nSPS) is 50.9. The molecule has 10 atom stereocenters. The zero-order valence-electron chi connectivity index (χ0n) is 19.1. The van der Waals surface area contributed by atoms with Crippen LogP contribution in [0.15, 0.2) is 0 Å². The Morgan fingerprint density at radius 1 is 0.933 bits per heavy atom. The van der Waals surface area contributed by atoms with Crippen molar-refractivity contribution in [3.63, 3.8) is 0 Å². The van der Waals surface area contributed by atoms with Crippen LogP contribution in [0.1, 0.15) is 91.9 Å². The highest BCUT2D eigenvalue weighted by molar-refractivity contribution is 5.11.